The Hall–Kier alpha value is -3.16. The fourth-order valence-corrected chi connectivity index (χ4v) is 3.52. The fourth-order valence-electron chi connectivity index (χ4n) is 3.41. The van der Waals surface area contributed by atoms with Gasteiger partial charge in [0.1, 0.15) is 37.0 Å². The molecule has 3 aromatic rings. The minimum Gasteiger partial charge on any atom is -0.487 e. The number of ether oxygens (including phenoxy) is 2. The zero-order chi connectivity index (χ0) is 23.7. The van der Waals surface area contributed by atoms with E-state index in [1.54, 1.807) is 12.1 Å². The smallest absolute Gasteiger partial charge is 0.226 e. The van der Waals surface area contributed by atoms with E-state index in [1.165, 1.54) is 10.9 Å². The molecule has 1 aliphatic rings. The van der Waals surface area contributed by atoms with Crippen LogP contribution in [0.15, 0.2) is 36.8 Å². The van der Waals surface area contributed by atoms with Gasteiger partial charge in [0.25, 0.3) is 0 Å². The Morgan fingerprint density at radius 3 is 2.82 bits per heavy atom. The average Bonchev–Trinajstić information content (AvgIpc) is 3.31. The van der Waals surface area contributed by atoms with Crippen molar-refractivity contribution in [3.05, 3.63) is 47.4 Å². The van der Waals surface area contributed by atoms with Gasteiger partial charge in [-0.1, -0.05) is 18.2 Å². The number of imidazole rings is 1. The van der Waals surface area contributed by atoms with E-state index in [0.29, 0.717) is 16.5 Å². The molecule has 13 heteroatoms. The minimum atomic E-state index is -1.35. The van der Waals surface area contributed by atoms with E-state index in [2.05, 4.69) is 32.4 Å². The summed E-state index contributed by atoms with van der Waals surface area (Å²) in [6.07, 6.45) is -3.48. The van der Waals surface area contributed by atoms with E-state index >= 15 is 0 Å². The first-order valence-corrected chi connectivity index (χ1v) is 10.4. The molecular formula is C20H24ClN7O5. The van der Waals surface area contributed by atoms with Crippen molar-refractivity contribution in [2.24, 2.45) is 0 Å². The molecule has 3 heterocycles. The van der Waals surface area contributed by atoms with Crippen LogP contribution in [0.4, 0.5) is 11.8 Å². The van der Waals surface area contributed by atoms with Gasteiger partial charge in [-0.2, -0.15) is 0 Å². The monoisotopic (exact) mass is 477 g/mol. The Kier molecular flexibility index (Phi) is 6.54. The predicted molar refractivity (Wildman–Crippen MR) is 120 cm³/mol. The summed E-state index contributed by atoms with van der Waals surface area (Å²) in [5.41, 5.74) is 13.5. The highest BCUT2D eigenvalue weighted by atomic mass is 35.5. The Balaban J connectivity index is 1.52. The Bertz CT molecular complexity index is 1170. The Labute approximate surface area is 193 Å². The van der Waals surface area contributed by atoms with Gasteiger partial charge in [0.05, 0.1) is 12.3 Å². The van der Waals surface area contributed by atoms with E-state index in [1.807, 2.05) is 13.0 Å². The van der Waals surface area contributed by atoms with E-state index < -0.39 is 31.1 Å². The van der Waals surface area contributed by atoms with Crippen LogP contribution in [0.5, 0.6) is 5.75 Å². The fraction of sp³-hybridized carbons (Fsp3) is 0.350. The molecule has 176 valence electrons. The maximum atomic E-state index is 10.5. The number of nitrogen functional groups attached to an aromatic ring is 1. The molecule has 4 atom stereocenters. The van der Waals surface area contributed by atoms with Crippen molar-refractivity contribution in [1.82, 2.24) is 24.9 Å². The third kappa shape index (κ3) is 4.51. The molecule has 1 aliphatic heterocycles. The van der Waals surface area contributed by atoms with Crippen molar-refractivity contribution in [3.63, 3.8) is 0 Å². The summed E-state index contributed by atoms with van der Waals surface area (Å²) in [5.74, 6) is 0.908. The number of aliphatic hydroxyl groups excluding tert-OH is 3. The lowest BCUT2D eigenvalue weighted by molar-refractivity contribution is -0.0502. The highest BCUT2D eigenvalue weighted by Crippen LogP contribution is 2.34. The van der Waals surface area contributed by atoms with Crippen LogP contribution >= 0.6 is 11.6 Å². The number of rotatable bonds is 8. The van der Waals surface area contributed by atoms with Gasteiger partial charge >= 0.3 is 0 Å². The van der Waals surface area contributed by atoms with Crippen LogP contribution in [-0.2, 0) is 4.74 Å². The first-order valence-electron chi connectivity index (χ1n) is 9.99. The molecule has 1 aromatic carbocycles. The zero-order valence-electron chi connectivity index (χ0n) is 17.6. The molecular weight excluding hydrogens is 454 g/mol. The molecule has 1 fully saturated rings. The molecule has 4 rings (SSSR count). The van der Waals surface area contributed by atoms with Gasteiger partial charge in [0.2, 0.25) is 5.95 Å². The summed E-state index contributed by atoms with van der Waals surface area (Å²) >= 11 is 6.03. The highest BCUT2D eigenvalue weighted by Gasteiger charge is 2.45. The second kappa shape index (κ2) is 9.37. The molecule has 33 heavy (non-hydrogen) atoms. The van der Waals surface area contributed by atoms with Crippen LogP contribution in [0.25, 0.3) is 11.2 Å². The van der Waals surface area contributed by atoms with Crippen molar-refractivity contribution in [2.75, 3.05) is 24.4 Å². The van der Waals surface area contributed by atoms with Crippen LogP contribution < -0.4 is 21.3 Å². The normalized spacial score (nSPS) is 22.5. The molecule has 0 unspecified atom stereocenters. The minimum absolute atomic E-state index is 0.119. The SMILES string of the molecule is C=C(COc1ccc(Cl)c(C)c1)NNc1nc2c(N)ncnc2n1[C@H]1O[C@@H](CO)[C@H](O)[C@@H]1O. The van der Waals surface area contributed by atoms with Gasteiger partial charge in [0.15, 0.2) is 23.2 Å². The van der Waals surface area contributed by atoms with Gasteiger partial charge in [-0.15, -0.1) is 0 Å². The second-order valence-electron chi connectivity index (χ2n) is 7.52. The zero-order valence-corrected chi connectivity index (χ0v) is 18.4. The highest BCUT2D eigenvalue weighted by molar-refractivity contribution is 6.31. The number of aliphatic hydroxyl groups is 3. The largest absolute Gasteiger partial charge is 0.487 e. The molecule has 7 N–H and O–H groups in total. The number of hydrazine groups is 1. The van der Waals surface area contributed by atoms with Gasteiger partial charge < -0.3 is 30.5 Å². The van der Waals surface area contributed by atoms with E-state index in [-0.39, 0.29) is 29.5 Å². The van der Waals surface area contributed by atoms with E-state index in [4.69, 9.17) is 26.8 Å². The van der Waals surface area contributed by atoms with Crippen LogP contribution in [0, 0.1) is 6.92 Å². The molecule has 0 aliphatic carbocycles. The van der Waals surface area contributed by atoms with Crippen molar-refractivity contribution < 1.29 is 24.8 Å². The van der Waals surface area contributed by atoms with Gasteiger partial charge in [-0.3, -0.25) is 15.4 Å². The molecule has 2 aromatic heterocycles. The van der Waals surface area contributed by atoms with Crippen LogP contribution in [0.2, 0.25) is 5.02 Å². The van der Waals surface area contributed by atoms with Gasteiger partial charge in [0, 0.05) is 5.02 Å². The Morgan fingerprint density at radius 2 is 2.12 bits per heavy atom. The average molecular weight is 478 g/mol. The lowest BCUT2D eigenvalue weighted by Crippen LogP contribution is -2.33. The molecule has 0 amide bonds. The maximum Gasteiger partial charge on any atom is 0.226 e. The summed E-state index contributed by atoms with van der Waals surface area (Å²) < 4.78 is 12.8. The third-order valence-electron chi connectivity index (χ3n) is 5.17. The quantitative estimate of drug-likeness (QED) is 0.249. The van der Waals surface area contributed by atoms with Crippen molar-refractivity contribution in [2.45, 2.75) is 31.5 Å². The van der Waals surface area contributed by atoms with E-state index in [0.717, 1.165) is 5.56 Å². The van der Waals surface area contributed by atoms with Crippen LogP contribution in [0.3, 0.4) is 0 Å². The predicted octanol–water partition coefficient (Wildman–Crippen LogP) is 0.491. The maximum absolute atomic E-state index is 10.5. The second-order valence-corrected chi connectivity index (χ2v) is 7.93. The van der Waals surface area contributed by atoms with Gasteiger partial charge in [-0.05, 0) is 30.7 Å². The summed E-state index contributed by atoms with van der Waals surface area (Å²) in [7, 11) is 0. The molecule has 12 nitrogen and oxygen atoms in total. The third-order valence-corrected chi connectivity index (χ3v) is 5.59. The number of hydrogen-bond acceptors (Lipinski definition) is 11. The topological polar surface area (TPSA) is 173 Å². The number of nitrogens with zero attached hydrogens (tertiary/aromatic N) is 4. The number of nitrogens with two attached hydrogens (primary N) is 1. The molecule has 0 spiro atoms. The summed E-state index contributed by atoms with van der Waals surface area (Å²) in [6.45, 7) is 5.44. The first kappa shape index (κ1) is 23.0. The summed E-state index contributed by atoms with van der Waals surface area (Å²) in [5, 5.41) is 30.8. The number of anilines is 2. The van der Waals surface area contributed by atoms with Crippen molar-refractivity contribution in [3.8, 4) is 5.75 Å². The van der Waals surface area contributed by atoms with E-state index in [9.17, 15) is 15.3 Å². The molecule has 0 saturated carbocycles. The molecule has 0 radical (unpaired) electrons. The summed E-state index contributed by atoms with van der Waals surface area (Å²) in [4.78, 5) is 12.5. The number of aryl methyl sites for hydroxylation is 1. The molecule has 1 saturated heterocycles. The lowest BCUT2D eigenvalue weighted by Gasteiger charge is -2.20. The van der Waals surface area contributed by atoms with Crippen LogP contribution in [0.1, 0.15) is 11.8 Å². The van der Waals surface area contributed by atoms with Gasteiger partial charge in [-0.25, -0.2) is 15.0 Å². The lowest BCUT2D eigenvalue weighted by atomic mass is 10.1. The Morgan fingerprint density at radius 1 is 1.33 bits per heavy atom. The van der Waals surface area contributed by atoms with Crippen molar-refractivity contribution >= 4 is 34.5 Å². The number of aromatic nitrogens is 4. The first-order chi connectivity index (χ1) is 15.8. The number of halogens is 1. The summed E-state index contributed by atoms with van der Waals surface area (Å²) in [6, 6.07) is 5.31. The van der Waals surface area contributed by atoms with Crippen molar-refractivity contribution in [1.29, 1.82) is 0 Å². The van der Waals surface area contributed by atoms with Crippen LogP contribution in [-0.4, -0.2) is 66.4 Å². The number of hydrogen-bond donors (Lipinski definition) is 6. The number of benzene rings is 1. The number of nitrogens with one attached hydrogen (secondary N) is 2. The number of fused-ring (bicyclic) bond motifs is 1. The molecule has 0 bridgehead atoms. The standard InChI is InChI=1S/C20H24ClN7O5/c1-9-5-11(3-4-12(9)21)32-7-10(2)26-27-20-25-14-17(22)23-8-24-18(14)28(20)19-16(31)15(30)13(6-29)33-19/h3-5,8,13,15-16,19,26,29-31H,2,6-7H2,1H3,(H,25,27)(H2,22,23,24)/t13-,15-,16-,19-/m0/s1.